The van der Waals surface area contributed by atoms with Gasteiger partial charge in [0.05, 0.1) is 14.2 Å². The van der Waals surface area contributed by atoms with Gasteiger partial charge in [0, 0.05) is 26.7 Å². The Bertz CT molecular complexity index is 434. The van der Waals surface area contributed by atoms with E-state index in [1.54, 1.807) is 21.3 Å². The van der Waals surface area contributed by atoms with E-state index >= 15 is 0 Å². The van der Waals surface area contributed by atoms with Gasteiger partial charge in [0.2, 0.25) is 5.91 Å². The summed E-state index contributed by atoms with van der Waals surface area (Å²) in [4.78, 5) is 11.6. The number of rotatable bonds is 10. The molecule has 1 amide bonds. The lowest BCUT2D eigenvalue weighted by Gasteiger charge is -2.09. The molecule has 0 aliphatic carbocycles. The molecule has 0 fully saturated rings. The largest absolute Gasteiger partial charge is 0.493 e. The van der Waals surface area contributed by atoms with Crippen molar-refractivity contribution in [1.29, 1.82) is 0 Å². The molecule has 1 N–H and O–H groups in total. The summed E-state index contributed by atoms with van der Waals surface area (Å²) in [6.07, 6.45) is 3.02. The van der Waals surface area contributed by atoms with Crippen molar-refractivity contribution in [3.05, 3.63) is 23.8 Å². The van der Waals surface area contributed by atoms with Crippen LogP contribution in [0.3, 0.4) is 0 Å². The van der Waals surface area contributed by atoms with E-state index in [4.69, 9.17) is 14.2 Å². The van der Waals surface area contributed by atoms with E-state index in [1.165, 1.54) is 0 Å². The fraction of sp³-hybridized carbons (Fsp3) is 0.562. The molecule has 5 heteroatoms. The van der Waals surface area contributed by atoms with E-state index in [0.29, 0.717) is 19.6 Å². The van der Waals surface area contributed by atoms with Crippen molar-refractivity contribution >= 4 is 5.91 Å². The Morgan fingerprint density at radius 2 is 1.86 bits per heavy atom. The van der Waals surface area contributed by atoms with Gasteiger partial charge in [0.15, 0.2) is 11.5 Å². The third-order valence-corrected chi connectivity index (χ3v) is 3.16. The Balaban J connectivity index is 2.30. The highest BCUT2D eigenvalue weighted by atomic mass is 16.5. The van der Waals surface area contributed by atoms with Crippen LogP contribution in [-0.4, -0.2) is 40.4 Å². The first-order valence-electron chi connectivity index (χ1n) is 7.17. The summed E-state index contributed by atoms with van der Waals surface area (Å²) in [6, 6.07) is 5.84. The molecule has 0 aliphatic rings. The van der Waals surface area contributed by atoms with Crippen LogP contribution in [0.1, 0.15) is 24.8 Å². The molecule has 0 atom stereocenters. The highest BCUT2D eigenvalue weighted by Gasteiger charge is 2.06. The average Bonchev–Trinajstić information content (AvgIpc) is 2.51. The Kier molecular flexibility index (Phi) is 8.28. The van der Waals surface area contributed by atoms with Gasteiger partial charge in [-0.25, -0.2) is 0 Å². The molecule has 0 bridgehead atoms. The monoisotopic (exact) mass is 295 g/mol. The number of hydrogen-bond acceptors (Lipinski definition) is 4. The summed E-state index contributed by atoms with van der Waals surface area (Å²) in [5, 5.41) is 2.88. The molecule has 0 heterocycles. The van der Waals surface area contributed by atoms with E-state index in [-0.39, 0.29) is 5.91 Å². The molecule has 0 radical (unpaired) electrons. The third kappa shape index (κ3) is 6.49. The summed E-state index contributed by atoms with van der Waals surface area (Å²) in [7, 11) is 4.89. The van der Waals surface area contributed by atoms with Crippen molar-refractivity contribution in [1.82, 2.24) is 5.32 Å². The van der Waals surface area contributed by atoms with Gasteiger partial charge in [0.25, 0.3) is 0 Å². The molecular weight excluding hydrogens is 270 g/mol. The zero-order chi connectivity index (χ0) is 15.5. The number of carbonyl (C=O) groups is 1. The van der Waals surface area contributed by atoms with Gasteiger partial charge >= 0.3 is 0 Å². The fourth-order valence-electron chi connectivity index (χ4n) is 2.02. The van der Waals surface area contributed by atoms with Crippen LogP contribution in [0.15, 0.2) is 18.2 Å². The van der Waals surface area contributed by atoms with Gasteiger partial charge in [-0.1, -0.05) is 6.07 Å². The van der Waals surface area contributed by atoms with Gasteiger partial charge in [-0.3, -0.25) is 4.79 Å². The van der Waals surface area contributed by atoms with Gasteiger partial charge < -0.3 is 19.5 Å². The number of ether oxygens (including phenoxy) is 3. The minimum absolute atomic E-state index is 0.0894. The van der Waals surface area contributed by atoms with E-state index in [1.807, 2.05) is 18.2 Å². The standard InChI is InChI=1S/C16H25NO4/c1-19-11-5-10-17-16(18)7-4-6-13-8-9-14(20-2)15(12-13)21-3/h8-9,12H,4-7,10-11H2,1-3H3,(H,17,18). The Morgan fingerprint density at radius 3 is 2.52 bits per heavy atom. The maximum atomic E-state index is 11.6. The summed E-state index contributed by atoms with van der Waals surface area (Å²) in [5.74, 6) is 1.53. The SMILES string of the molecule is COCCCNC(=O)CCCc1ccc(OC)c(OC)c1. The van der Waals surface area contributed by atoms with Crippen molar-refractivity contribution in [2.24, 2.45) is 0 Å². The maximum absolute atomic E-state index is 11.6. The lowest BCUT2D eigenvalue weighted by Crippen LogP contribution is -2.24. The number of aryl methyl sites for hydroxylation is 1. The molecule has 0 aliphatic heterocycles. The molecule has 5 nitrogen and oxygen atoms in total. The van der Waals surface area contributed by atoms with Gasteiger partial charge in [0.1, 0.15) is 0 Å². The number of carbonyl (C=O) groups excluding carboxylic acids is 1. The van der Waals surface area contributed by atoms with Gasteiger partial charge in [-0.05, 0) is 37.0 Å². The number of methoxy groups -OCH3 is 3. The van der Waals surface area contributed by atoms with Crippen LogP contribution in [0.4, 0.5) is 0 Å². The first-order chi connectivity index (χ1) is 10.2. The van der Waals surface area contributed by atoms with Crippen LogP contribution in [0.5, 0.6) is 11.5 Å². The zero-order valence-corrected chi connectivity index (χ0v) is 13.1. The maximum Gasteiger partial charge on any atom is 0.220 e. The van der Waals surface area contributed by atoms with Gasteiger partial charge in [-0.15, -0.1) is 0 Å². The van der Waals surface area contributed by atoms with Crippen molar-refractivity contribution in [2.45, 2.75) is 25.7 Å². The second kappa shape index (κ2) is 10.0. The zero-order valence-electron chi connectivity index (χ0n) is 13.1. The topological polar surface area (TPSA) is 56.8 Å². The highest BCUT2D eigenvalue weighted by molar-refractivity contribution is 5.75. The normalized spacial score (nSPS) is 10.2. The predicted octanol–water partition coefficient (Wildman–Crippen LogP) is 2.18. The van der Waals surface area contributed by atoms with Gasteiger partial charge in [-0.2, -0.15) is 0 Å². The van der Waals surface area contributed by atoms with Crippen LogP contribution in [0.25, 0.3) is 0 Å². The fourth-order valence-corrected chi connectivity index (χ4v) is 2.02. The van der Waals surface area contributed by atoms with E-state index in [0.717, 1.165) is 36.3 Å². The minimum atomic E-state index is 0.0894. The van der Waals surface area contributed by atoms with E-state index < -0.39 is 0 Å². The molecule has 1 aromatic carbocycles. The van der Waals surface area contributed by atoms with Crippen molar-refractivity contribution in [2.75, 3.05) is 34.5 Å². The van der Waals surface area contributed by atoms with E-state index in [9.17, 15) is 4.79 Å². The summed E-state index contributed by atoms with van der Waals surface area (Å²) >= 11 is 0. The quantitative estimate of drug-likeness (QED) is 0.672. The van der Waals surface area contributed by atoms with Crippen molar-refractivity contribution in [3.8, 4) is 11.5 Å². The number of amides is 1. The molecule has 0 aromatic heterocycles. The van der Waals surface area contributed by atoms with E-state index in [2.05, 4.69) is 5.32 Å². The first-order valence-corrected chi connectivity index (χ1v) is 7.17. The molecular formula is C16H25NO4. The van der Waals surface area contributed by atoms with Crippen LogP contribution < -0.4 is 14.8 Å². The summed E-state index contributed by atoms with van der Waals surface area (Å²) < 4.78 is 15.4. The number of nitrogens with one attached hydrogen (secondary N) is 1. The number of hydrogen-bond donors (Lipinski definition) is 1. The molecule has 0 saturated heterocycles. The Hall–Kier alpha value is -1.75. The van der Waals surface area contributed by atoms with Crippen molar-refractivity contribution in [3.63, 3.8) is 0 Å². The lowest BCUT2D eigenvalue weighted by atomic mass is 10.1. The van der Waals surface area contributed by atoms with Crippen LogP contribution in [0.2, 0.25) is 0 Å². The average molecular weight is 295 g/mol. The molecule has 0 spiro atoms. The predicted molar refractivity (Wildman–Crippen MR) is 82.0 cm³/mol. The molecule has 118 valence electrons. The summed E-state index contributed by atoms with van der Waals surface area (Å²) in [6.45, 7) is 1.34. The second-order valence-electron chi connectivity index (χ2n) is 4.74. The summed E-state index contributed by atoms with van der Waals surface area (Å²) in [5.41, 5.74) is 1.14. The lowest BCUT2D eigenvalue weighted by molar-refractivity contribution is -0.121. The Labute approximate surface area is 126 Å². The minimum Gasteiger partial charge on any atom is -0.493 e. The van der Waals surface area contributed by atoms with Crippen LogP contribution in [-0.2, 0) is 16.0 Å². The van der Waals surface area contributed by atoms with Crippen molar-refractivity contribution < 1.29 is 19.0 Å². The van der Waals surface area contributed by atoms with Crippen LogP contribution >= 0.6 is 0 Å². The smallest absolute Gasteiger partial charge is 0.220 e. The molecule has 0 saturated carbocycles. The second-order valence-corrected chi connectivity index (χ2v) is 4.74. The highest BCUT2D eigenvalue weighted by Crippen LogP contribution is 2.28. The third-order valence-electron chi connectivity index (χ3n) is 3.16. The first kappa shape index (κ1) is 17.3. The number of benzene rings is 1. The molecule has 21 heavy (non-hydrogen) atoms. The molecule has 1 aromatic rings. The molecule has 1 rings (SSSR count). The Morgan fingerprint density at radius 1 is 1.10 bits per heavy atom. The van der Waals surface area contributed by atoms with Crippen LogP contribution in [0, 0.1) is 0 Å². The molecule has 0 unspecified atom stereocenters.